The van der Waals surface area contributed by atoms with E-state index >= 15 is 0 Å². The van der Waals surface area contributed by atoms with E-state index in [1.165, 1.54) is 31.3 Å². The molecule has 2 N–H and O–H groups in total. The predicted molar refractivity (Wildman–Crippen MR) is 104 cm³/mol. The second kappa shape index (κ2) is 9.34. The van der Waals surface area contributed by atoms with Crippen LogP contribution in [0.15, 0.2) is 48.0 Å². The van der Waals surface area contributed by atoms with Gasteiger partial charge >= 0.3 is 0 Å². The molecule has 26 heavy (non-hydrogen) atoms. The molecule has 6 heteroatoms. The molecule has 1 amide bonds. The fourth-order valence-corrected chi connectivity index (χ4v) is 3.03. The molecule has 2 aromatic rings. The molecule has 1 aliphatic carbocycles. The van der Waals surface area contributed by atoms with Crippen molar-refractivity contribution in [2.24, 2.45) is 0 Å². The van der Waals surface area contributed by atoms with Gasteiger partial charge in [-0.05, 0) is 61.9 Å². The van der Waals surface area contributed by atoms with Crippen LogP contribution in [0.3, 0.4) is 0 Å². The van der Waals surface area contributed by atoms with E-state index in [1.807, 2.05) is 12.1 Å². The monoisotopic (exact) mass is 370 g/mol. The maximum absolute atomic E-state index is 12.1. The Morgan fingerprint density at radius 2 is 1.92 bits per heavy atom. The average molecular weight is 371 g/mol. The van der Waals surface area contributed by atoms with Gasteiger partial charge in [-0.1, -0.05) is 35.4 Å². The van der Waals surface area contributed by atoms with Gasteiger partial charge in [0.2, 0.25) is 0 Å². The first-order chi connectivity index (χ1) is 12.7. The second-order valence-electron chi connectivity index (χ2n) is 6.40. The Kier molecular flexibility index (Phi) is 6.61. The molecular formula is C20H23ClN4O. The number of amides is 1. The van der Waals surface area contributed by atoms with Gasteiger partial charge in [-0.25, -0.2) is 0 Å². The molecule has 1 aromatic heterocycles. The summed E-state index contributed by atoms with van der Waals surface area (Å²) in [5.41, 5.74) is 2.81. The summed E-state index contributed by atoms with van der Waals surface area (Å²) in [6.45, 7) is 1.26. The van der Waals surface area contributed by atoms with Crippen molar-refractivity contribution in [3.63, 3.8) is 0 Å². The first-order valence-corrected chi connectivity index (χ1v) is 9.37. The molecule has 0 spiro atoms. The predicted octanol–water partition coefficient (Wildman–Crippen LogP) is 4.36. The Morgan fingerprint density at radius 1 is 1.08 bits per heavy atom. The van der Waals surface area contributed by atoms with E-state index in [2.05, 4.69) is 26.9 Å². The van der Waals surface area contributed by atoms with Crippen molar-refractivity contribution in [1.29, 1.82) is 0 Å². The largest absolute Gasteiger partial charge is 0.368 e. The van der Waals surface area contributed by atoms with E-state index in [1.54, 1.807) is 24.3 Å². The first-order valence-electron chi connectivity index (χ1n) is 8.99. The van der Waals surface area contributed by atoms with Gasteiger partial charge in [0.15, 0.2) is 5.69 Å². The maximum Gasteiger partial charge on any atom is 0.272 e. The molecule has 0 aliphatic heterocycles. The van der Waals surface area contributed by atoms with Crippen molar-refractivity contribution >= 4 is 23.3 Å². The van der Waals surface area contributed by atoms with Crippen LogP contribution in [0.1, 0.15) is 48.2 Å². The molecule has 0 radical (unpaired) electrons. The lowest BCUT2D eigenvalue weighted by molar-refractivity contribution is 0.0945. The molecule has 0 unspecified atom stereocenters. The maximum atomic E-state index is 12.1. The highest BCUT2D eigenvalue weighted by Crippen LogP contribution is 2.19. The van der Waals surface area contributed by atoms with Crippen LogP contribution in [0.25, 0.3) is 0 Å². The molecule has 0 bridgehead atoms. The summed E-state index contributed by atoms with van der Waals surface area (Å²) < 4.78 is 0. The lowest BCUT2D eigenvalue weighted by Gasteiger charge is -2.13. The standard InChI is InChI=1S/C20H23ClN4O/c21-17-8-6-16(7-9-17)14-23-20(26)18-10-11-19(25-24-18)22-13-12-15-4-2-1-3-5-15/h4,6-11H,1-3,5,12-14H2,(H,22,25)(H,23,26). The van der Waals surface area contributed by atoms with Gasteiger partial charge in [-0.3, -0.25) is 4.79 Å². The fraction of sp³-hybridized carbons (Fsp3) is 0.350. The van der Waals surface area contributed by atoms with Gasteiger partial charge in [0.25, 0.3) is 5.91 Å². The molecule has 3 rings (SSSR count). The molecule has 0 atom stereocenters. The number of anilines is 1. The van der Waals surface area contributed by atoms with Crippen LogP contribution in [0.2, 0.25) is 5.02 Å². The topological polar surface area (TPSA) is 66.9 Å². The summed E-state index contributed by atoms with van der Waals surface area (Å²) in [5, 5.41) is 14.9. The third-order valence-corrected chi connectivity index (χ3v) is 4.65. The molecule has 136 valence electrons. The first kappa shape index (κ1) is 18.4. The number of hydrogen-bond donors (Lipinski definition) is 2. The van der Waals surface area contributed by atoms with E-state index in [0.29, 0.717) is 23.1 Å². The lowest BCUT2D eigenvalue weighted by Crippen LogP contribution is -2.24. The smallest absolute Gasteiger partial charge is 0.272 e. The summed E-state index contributed by atoms with van der Waals surface area (Å²) in [6, 6.07) is 10.8. The van der Waals surface area contributed by atoms with Crippen molar-refractivity contribution in [2.75, 3.05) is 11.9 Å². The minimum atomic E-state index is -0.244. The van der Waals surface area contributed by atoms with Crippen LogP contribution in [-0.2, 0) is 6.54 Å². The molecule has 1 aliphatic rings. The molecule has 1 heterocycles. The third-order valence-electron chi connectivity index (χ3n) is 4.40. The van der Waals surface area contributed by atoms with Gasteiger partial charge in [0.1, 0.15) is 5.82 Å². The van der Waals surface area contributed by atoms with Crippen molar-refractivity contribution in [1.82, 2.24) is 15.5 Å². The van der Waals surface area contributed by atoms with Crippen molar-refractivity contribution in [2.45, 2.75) is 38.6 Å². The molecule has 0 saturated heterocycles. The molecule has 0 saturated carbocycles. The van der Waals surface area contributed by atoms with Crippen LogP contribution < -0.4 is 10.6 Å². The van der Waals surface area contributed by atoms with Gasteiger partial charge in [-0.2, -0.15) is 0 Å². The van der Waals surface area contributed by atoms with Crippen molar-refractivity contribution in [3.8, 4) is 0 Å². The van der Waals surface area contributed by atoms with Crippen LogP contribution >= 0.6 is 11.6 Å². The number of carbonyl (C=O) groups is 1. The zero-order valence-electron chi connectivity index (χ0n) is 14.7. The number of aromatic nitrogens is 2. The van der Waals surface area contributed by atoms with Crippen molar-refractivity contribution < 1.29 is 4.79 Å². The van der Waals surface area contributed by atoms with Crippen molar-refractivity contribution in [3.05, 3.63) is 64.3 Å². The quantitative estimate of drug-likeness (QED) is 0.710. The minimum absolute atomic E-state index is 0.244. The van der Waals surface area contributed by atoms with Crippen LogP contribution in [0.5, 0.6) is 0 Å². The molecule has 0 fully saturated rings. The van der Waals surface area contributed by atoms with Gasteiger partial charge in [0.05, 0.1) is 0 Å². The van der Waals surface area contributed by atoms with E-state index in [0.717, 1.165) is 18.5 Å². The van der Waals surface area contributed by atoms with Gasteiger partial charge in [-0.15, -0.1) is 10.2 Å². The Bertz CT molecular complexity index is 756. The summed E-state index contributed by atoms with van der Waals surface area (Å²) >= 11 is 5.85. The Morgan fingerprint density at radius 3 is 2.62 bits per heavy atom. The number of carbonyl (C=O) groups excluding carboxylic acids is 1. The number of benzene rings is 1. The number of hydrogen-bond acceptors (Lipinski definition) is 4. The number of nitrogens with zero attached hydrogens (tertiary/aromatic N) is 2. The van der Waals surface area contributed by atoms with E-state index in [9.17, 15) is 4.79 Å². The number of halogens is 1. The molecular weight excluding hydrogens is 348 g/mol. The van der Waals surface area contributed by atoms with Gasteiger partial charge < -0.3 is 10.6 Å². The van der Waals surface area contributed by atoms with E-state index in [4.69, 9.17) is 11.6 Å². The second-order valence-corrected chi connectivity index (χ2v) is 6.83. The number of nitrogens with one attached hydrogen (secondary N) is 2. The van der Waals surface area contributed by atoms with Gasteiger partial charge in [0, 0.05) is 18.1 Å². The highest BCUT2D eigenvalue weighted by Gasteiger charge is 2.08. The molecule has 5 nitrogen and oxygen atoms in total. The highest BCUT2D eigenvalue weighted by atomic mass is 35.5. The lowest BCUT2D eigenvalue weighted by atomic mass is 9.97. The Balaban J connectivity index is 1.44. The minimum Gasteiger partial charge on any atom is -0.368 e. The highest BCUT2D eigenvalue weighted by molar-refractivity contribution is 6.30. The van der Waals surface area contributed by atoms with E-state index < -0.39 is 0 Å². The van der Waals surface area contributed by atoms with Crippen LogP contribution in [0.4, 0.5) is 5.82 Å². The van der Waals surface area contributed by atoms with Crippen LogP contribution in [0, 0.1) is 0 Å². The summed E-state index contributed by atoms with van der Waals surface area (Å²) in [6.07, 6.45) is 8.40. The SMILES string of the molecule is O=C(NCc1ccc(Cl)cc1)c1ccc(NCCC2=CCCCC2)nn1. The Labute approximate surface area is 158 Å². The Hall–Kier alpha value is -2.40. The number of allylic oxidation sites excluding steroid dienone is 1. The summed E-state index contributed by atoms with van der Waals surface area (Å²) in [7, 11) is 0. The van der Waals surface area contributed by atoms with Crippen LogP contribution in [-0.4, -0.2) is 22.6 Å². The number of rotatable bonds is 7. The summed E-state index contributed by atoms with van der Waals surface area (Å²) in [4.78, 5) is 12.1. The zero-order chi connectivity index (χ0) is 18.2. The third kappa shape index (κ3) is 5.56. The normalized spacial score (nSPS) is 13.8. The average Bonchev–Trinajstić information content (AvgIpc) is 2.69. The fourth-order valence-electron chi connectivity index (χ4n) is 2.91. The molecule has 1 aromatic carbocycles. The zero-order valence-corrected chi connectivity index (χ0v) is 15.4. The van der Waals surface area contributed by atoms with E-state index in [-0.39, 0.29) is 5.91 Å². The summed E-state index contributed by atoms with van der Waals surface area (Å²) in [5.74, 6) is 0.446.